The van der Waals surface area contributed by atoms with Crippen molar-refractivity contribution in [3.05, 3.63) is 12.3 Å². The first-order chi connectivity index (χ1) is 7.46. The number of ether oxygens (including phenoxy) is 1. The van der Waals surface area contributed by atoms with Crippen LogP contribution in [0.2, 0.25) is 0 Å². The maximum Gasteiger partial charge on any atom is 0.171 e. The van der Waals surface area contributed by atoms with Crippen molar-refractivity contribution in [1.29, 1.82) is 0 Å². The van der Waals surface area contributed by atoms with Crippen LogP contribution in [0.3, 0.4) is 0 Å². The van der Waals surface area contributed by atoms with E-state index in [1.54, 1.807) is 0 Å². The monoisotopic (exact) mass is 238 g/mol. The van der Waals surface area contributed by atoms with Gasteiger partial charge in [0.1, 0.15) is 6.61 Å². The van der Waals surface area contributed by atoms with E-state index in [-0.39, 0.29) is 4.75 Å². The molecule has 16 heavy (non-hydrogen) atoms. The molecule has 2 heterocycles. The largest absolute Gasteiger partial charge is 0.488 e. The lowest BCUT2D eigenvalue weighted by Crippen LogP contribution is -2.29. The van der Waals surface area contributed by atoms with Crippen molar-refractivity contribution in [2.45, 2.75) is 30.4 Å². The molecule has 1 aromatic rings. The molecule has 88 valence electrons. The standard InChI is InChI=1S/C12H18N2OS/c1-12(2,3)16-9-7-10-11(13-8-9)14(4)5-6-15-10/h7-8H,5-6H2,1-4H3. The van der Waals surface area contributed by atoms with E-state index in [1.165, 1.54) is 4.90 Å². The Morgan fingerprint density at radius 2 is 2.19 bits per heavy atom. The van der Waals surface area contributed by atoms with Gasteiger partial charge in [-0.05, 0) is 6.07 Å². The second-order valence-electron chi connectivity index (χ2n) is 4.98. The third-order valence-corrected chi connectivity index (χ3v) is 3.35. The number of fused-ring (bicyclic) bond motifs is 1. The van der Waals surface area contributed by atoms with E-state index < -0.39 is 0 Å². The number of anilines is 1. The Labute approximate surface area is 101 Å². The van der Waals surface area contributed by atoms with E-state index >= 15 is 0 Å². The highest BCUT2D eigenvalue weighted by molar-refractivity contribution is 8.00. The zero-order valence-electron chi connectivity index (χ0n) is 10.3. The molecule has 0 fully saturated rings. The van der Waals surface area contributed by atoms with Crippen LogP contribution in [0.1, 0.15) is 20.8 Å². The average Bonchev–Trinajstić information content (AvgIpc) is 2.15. The van der Waals surface area contributed by atoms with E-state index in [2.05, 4.69) is 36.7 Å². The maximum absolute atomic E-state index is 5.63. The number of nitrogens with zero attached hydrogens (tertiary/aromatic N) is 2. The van der Waals surface area contributed by atoms with Crippen molar-refractivity contribution in [1.82, 2.24) is 4.98 Å². The van der Waals surface area contributed by atoms with Gasteiger partial charge in [-0.1, -0.05) is 20.8 Å². The molecule has 2 rings (SSSR count). The van der Waals surface area contributed by atoms with Crippen molar-refractivity contribution in [3.63, 3.8) is 0 Å². The smallest absolute Gasteiger partial charge is 0.171 e. The number of rotatable bonds is 1. The van der Waals surface area contributed by atoms with Crippen molar-refractivity contribution < 1.29 is 4.74 Å². The number of hydrogen-bond donors (Lipinski definition) is 0. The van der Waals surface area contributed by atoms with Gasteiger partial charge in [-0.25, -0.2) is 4.98 Å². The van der Waals surface area contributed by atoms with E-state index in [1.807, 2.05) is 25.0 Å². The molecule has 0 N–H and O–H groups in total. The van der Waals surface area contributed by atoms with Crippen LogP contribution < -0.4 is 9.64 Å². The summed E-state index contributed by atoms with van der Waals surface area (Å²) in [7, 11) is 2.05. The minimum atomic E-state index is 0.205. The van der Waals surface area contributed by atoms with E-state index in [9.17, 15) is 0 Å². The van der Waals surface area contributed by atoms with Crippen LogP contribution in [0.5, 0.6) is 5.75 Å². The SMILES string of the molecule is CN1CCOc2cc(SC(C)(C)C)cnc21. The summed E-state index contributed by atoms with van der Waals surface area (Å²) < 4.78 is 5.84. The topological polar surface area (TPSA) is 25.4 Å². The summed E-state index contributed by atoms with van der Waals surface area (Å²) in [5, 5.41) is 0. The van der Waals surface area contributed by atoms with Gasteiger partial charge in [-0.2, -0.15) is 0 Å². The van der Waals surface area contributed by atoms with Gasteiger partial charge >= 0.3 is 0 Å². The van der Waals surface area contributed by atoms with Crippen LogP contribution in [-0.4, -0.2) is 29.9 Å². The molecule has 0 aliphatic carbocycles. The second-order valence-corrected chi connectivity index (χ2v) is 6.88. The summed E-state index contributed by atoms with van der Waals surface area (Å²) >= 11 is 1.81. The highest BCUT2D eigenvalue weighted by Gasteiger charge is 2.19. The lowest BCUT2D eigenvalue weighted by atomic mass is 10.3. The van der Waals surface area contributed by atoms with Crippen LogP contribution in [0, 0.1) is 0 Å². The Bertz CT molecular complexity index is 387. The molecule has 0 spiro atoms. The minimum Gasteiger partial charge on any atom is -0.488 e. The predicted octanol–water partition coefficient (Wildman–Crippen LogP) is 2.80. The van der Waals surface area contributed by atoms with Gasteiger partial charge < -0.3 is 9.64 Å². The van der Waals surface area contributed by atoms with Crippen LogP contribution in [0.25, 0.3) is 0 Å². The fourth-order valence-corrected chi connectivity index (χ4v) is 2.60. The number of pyridine rings is 1. The Kier molecular flexibility index (Phi) is 3.02. The molecule has 0 aromatic carbocycles. The van der Waals surface area contributed by atoms with Gasteiger partial charge in [0.2, 0.25) is 0 Å². The Morgan fingerprint density at radius 1 is 1.44 bits per heavy atom. The third-order valence-electron chi connectivity index (χ3n) is 2.28. The summed E-state index contributed by atoms with van der Waals surface area (Å²) in [5.74, 6) is 1.85. The lowest BCUT2D eigenvalue weighted by molar-refractivity contribution is 0.308. The molecule has 3 nitrogen and oxygen atoms in total. The van der Waals surface area contributed by atoms with E-state index in [4.69, 9.17) is 4.74 Å². The fourth-order valence-electron chi connectivity index (χ4n) is 1.62. The highest BCUT2D eigenvalue weighted by atomic mass is 32.2. The summed E-state index contributed by atoms with van der Waals surface area (Å²) in [5.41, 5.74) is 0. The molecule has 0 radical (unpaired) electrons. The van der Waals surface area contributed by atoms with Crippen molar-refractivity contribution in [3.8, 4) is 5.75 Å². The lowest BCUT2D eigenvalue weighted by Gasteiger charge is -2.27. The molecular formula is C12H18N2OS. The molecule has 0 bridgehead atoms. The zero-order chi connectivity index (χ0) is 11.8. The Morgan fingerprint density at radius 3 is 2.88 bits per heavy atom. The Balaban J connectivity index is 2.25. The van der Waals surface area contributed by atoms with Gasteiger partial charge in [0.15, 0.2) is 11.6 Å². The van der Waals surface area contributed by atoms with Gasteiger partial charge in [-0.3, -0.25) is 0 Å². The summed E-state index contributed by atoms with van der Waals surface area (Å²) in [6.45, 7) is 8.25. The van der Waals surface area contributed by atoms with Crippen LogP contribution >= 0.6 is 11.8 Å². The maximum atomic E-state index is 5.63. The van der Waals surface area contributed by atoms with Crippen molar-refractivity contribution >= 4 is 17.6 Å². The molecule has 1 aliphatic heterocycles. The predicted molar refractivity (Wildman–Crippen MR) is 68.6 cm³/mol. The summed E-state index contributed by atoms with van der Waals surface area (Å²) in [6.07, 6.45) is 1.93. The molecule has 0 saturated carbocycles. The van der Waals surface area contributed by atoms with Gasteiger partial charge in [0, 0.05) is 22.9 Å². The first-order valence-corrected chi connectivity index (χ1v) is 6.30. The number of likely N-dealkylation sites (N-methyl/N-ethyl adjacent to an activating group) is 1. The quantitative estimate of drug-likeness (QED) is 0.703. The first kappa shape index (κ1) is 11.6. The zero-order valence-corrected chi connectivity index (χ0v) is 11.1. The molecule has 1 aromatic heterocycles. The second kappa shape index (κ2) is 4.17. The van der Waals surface area contributed by atoms with Crippen LogP contribution in [0.4, 0.5) is 5.82 Å². The normalized spacial score (nSPS) is 15.6. The molecule has 0 saturated heterocycles. The van der Waals surface area contributed by atoms with Crippen LogP contribution in [0.15, 0.2) is 17.2 Å². The fraction of sp³-hybridized carbons (Fsp3) is 0.583. The molecular weight excluding hydrogens is 220 g/mol. The summed E-state index contributed by atoms with van der Waals surface area (Å²) in [4.78, 5) is 7.76. The van der Waals surface area contributed by atoms with Crippen molar-refractivity contribution in [2.24, 2.45) is 0 Å². The molecule has 0 unspecified atom stereocenters. The van der Waals surface area contributed by atoms with Crippen LogP contribution in [-0.2, 0) is 0 Å². The molecule has 1 aliphatic rings. The van der Waals surface area contributed by atoms with E-state index in [0.29, 0.717) is 0 Å². The molecule has 0 atom stereocenters. The third kappa shape index (κ3) is 2.61. The van der Waals surface area contributed by atoms with Gasteiger partial charge in [0.25, 0.3) is 0 Å². The number of hydrogen-bond acceptors (Lipinski definition) is 4. The Hall–Kier alpha value is -0.900. The van der Waals surface area contributed by atoms with Gasteiger partial charge in [0.05, 0.1) is 6.54 Å². The van der Waals surface area contributed by atoms with Crippen molar-refractivity contribution in [2.75, 3.05) is 25.1 Å². The highest BCUT2D eigenvalue weighted by Crippen LogP contribution is 2.36. The minimum absolute atomic E-state index is 0.205. The number of thioether (sulfide) groups is 1. The molecule has 0 amide bonds. The van der Waals surface area contributed by atoms with Gasteiger partial charge in [-0.15, -0.1) is 11.8 Å². The first-order valence-electron chi connectivity index (χ1n) is 5.49. The van der Waals surface area contributed by atoms with E-state index in [0.717, 1.165) is 24.7 Å². The molecule has 4 heteroatoms. The summed E-state index contributed by atoms with van der Waals surface area (Å²) in [6, 6.07) is 2.09. The average molecular weight is 238 g/mol. The number of aromatic nitrogens is 1.